The zero-order valence-electron chi connectivity index (χ0n) is 19.8. The first kappa shape index (κ1) is 23.9. The van der Waals surface area contributed by atoms with Crippen molar-refractivity contribution >= 4 is 11.9 Å². The van der Waals surface area contributed by atoms with Crippen LogP contribution >= 0.6 is 0 Å². The molecule has 3 heterocycles. The van der Waals surface area contributed by atoms with Crippen molar-refractivity contribution in [2.45, 2.75) is 74.9 Å². The van der Waals surface area contributed by atoms with Crippen LogP contribution in [0, 0.1) is 16.7 Å². The Bertz CT molecular complexity index is 989. The first-order valence-corrected chi connectivity index (χ1v) is 12.6. The number of nitrogens with one attached hydrogen (secondary N) is 2. The molecule has 188 valence electrons. The Morgan fingerprint density at radius 2 is 1.91 bits per heavy atom. The fourth-order valence-electron chi connectivity index (χ4n) is 5.28. The van der Waals surface area contributed by atoms with Gasteiger partial charge >= 0.3 is 6.03 Å². The lowest BCUT2D eigenvalue weighted by Gasteiger charge is -2.54. The normalized spacial score (nSPS) is 23.6. The van der Waals surface area contributed by atoms with Gasteiger partial charge in [-0.05, 0) is 70.2 Å². The molecule has 0 radical (unpaired) electrons. The molecule has 2 aliphatic carbocycles. The molecule has 1 aromatic heterocycles. The summed E-state index contributed by atoms with van der Waals surface area (Å²) >= 11 is 0. The number of urea groups is 1. The van der Waals surface area contributed by atoms with Crippen molar-refractivity contribution in [1.29, 1.82) is 5.26 Å². The van der Waals surface area contributed by atoms with Gasteiger partial charge in [0, 0.05) is 37.2 Å². The number of nitriles is 1. The van der Waals surface area contributed by atoms with Crippen LogP contribution < -0.4 is 10.6 Å². The molecule has 2 N–H and O–H groups in total. The van der Waals surface area contributed by atoms with Gasteiger partial charge in [-0.2, -0.15) is 14.0 Å². The van der Waals surface area contributed by atoms with E-state index in [0.717, 1.165) is 32.0 Å². The lowest BCUT2D eigenvalue weighted by atomic mass is 9.72. The molecule has 2 saturated carbocycles. The maximum Gasteiger partial charge on any atom is 0.318 e. The monoisotopic (exact) mass is 486 g/mol. The Labute approximate surface area is 204 Å². The molecule has 35 heavy (non-hydrogen) atoms. The predicted octanol–water partition coefficient (Wildman–Crippen LogP) is 2.76. The molecule has 0 aromatic carbocycles. The van der Waals surface area contributed by atoms with Gasteiger partial charge < -0.3 is 20.4 Å². The van der Waals surface area contributed by atoms with Gasteiger partial charge in [-0.25, -0.2) is 4.79 Å². The summed E-state index contributed by atoms with van der Waals surface area (Å²) in [5, 5.41) is 14.6. The minimum Gasteiger partial charge on any atom is -0.336 e. The highest BCUT2D eigenvalue weighted by Crippen LogP contribution is 2.43. The Kier molecular flexibility index (Phi) is 6.16. The number of nitrogens with zero attached hydrogens (tertiary/aromatic N) is 4. The van der Waals surface area contributed by atoms with E-state index in [1.165, 1.54) is 31.2 Å². The van der Waals surface area contributed by atoms with E-state index in [9.17, 15) is 23.6 Å². The van der Waals surface area contributed by atoms with E-state index in [4.69, 9.17) is 0 Å². The van der Waals surface area contributed by atoms with Crippen LogP contribution in [0.3, 0.4) is 0 Å². The molecule has 3 amide bonds. The van der Waals surface area contributed by atoms with Gasteiger partial charge in [0.25, 0.3) is 5.92 Å². The van der Waals surface area contributed by atoms with Crippen LogP contribution in [-0.2, 0) is 10.7 Å². The van der Waals surface area contributed by atoms with Crippen LogP contribution in [-0.4, -0.2) is 70.5 Å². The van der Waals surface area contributed by atoms with Crippen molar-refractivity contribution in [2.24, 2.45) is 5.41 Å². The van der Waals surface area contributed by atoms with Gasteiger partial charge in [0.15, 0.2) is 0 Å². The van der Waals surface area contributed by atoms with Crippen LogP contribution in [0.4, 0.5) is 13.6 Å². The zero-order valence-corrected chi connectivity index (χ0v) is 19.8. The highest BCUT2D eigenvalue weighted by atomic mass is 19.3. The summed E-state index contributed by atoms with van der Waals surface area (Å²) in [5.74, 6) is -3.84. The molecule has 0 unspecified atom stereocenters. The van der Waals surface area contributed by atoms with E-state index in [2.05, 4.69) is 26.6 Å². The maximum atomic E-state index is 14.7. The van der Waals surface area contributed by atoms with E-state index < -0.39 is 35.9 Å². The number of piperidine rings is 1. The Morgan fingerprint density at radius 3 is 2.49 bits per heavy atom. The van der Waals surface area contributed by atoms with Gasteiger partial charge in [0.05, 0.1) is 6.07 Å². The molecule has 4 fully saturated rings. The van der Waals surface area contributed by atoms with Gasteiger partial charge in [-0.15, -0.1) is 0 Å². The number of pyridine rings is 1. The molecule has 1 aromatic rings. The maximum absolute atomic E-state index is 14.7. The molecule has 1 atom stereocenters. The number of halogens is 2. The molecular weight excluding hydrogens is 454 g/mol. The summed E-state index contributed by atoms with van der Waals surface area (Å²) in [4.78, 5) is 33.8. The van der Waals surface area contributed by atoms with Crippen molar-refractivity contribution in [2.75, 3.05) is 26.2 Å². The van der Waals surface area contributed by atoms with Crippen molar-refractivity contribution in [3.05, 3.63) is 30.1 Å². The quantitative estimate of drug-likeness (QED) is 0.589. The third-order valence-corrected chi connectivity index (χ3v) is 7.99. The molecule has 5 rings (SSSR count). The zero-order chi connectivity index (χ0) is 24.7. The average molecular weight is 487 g/mol. The topological polar surface area (TPSA) is 101 Å². The third kappa shape index (κ3) is 5.25. The van der Waals surface area contributed by atoms with Crippen LogP contribution in [0.1, 0.15) is 57.1 Å². The standard InChI is InChI=1S/C25H32F2N6O2/c26-25(27,20-3-1-2-12-29-20)7-6-19(21(34)31-24(15-28)8-9-24)30-22(35)33-16-23(17-33)10-13-32(14-11-23)18-4-5-18/h1-3,12,18-19H,4-11,13-14,16-17H2,(H,30,35)(H,31,34)/t19-/m0/s1. The van der Waals surface area contributed by atoms with Crippen molar-refractivity contribution in [1.82, 2.24) is 25.4 Å². The number of carbonyl (C=O) groups is 2. The highest BCUT2D eigenvalue weighted by Gasteiger charge is 2.49. The highest BCUT2D eigenvalue weighted by molar-refractivity contribution is 5.88. The number of alkyl halides is 2. The SMILES string of the molecule is N#CC1(NC(=O)[C@H](CCC(F)(F)c2ccccn2)NC(=O)N2CC3(CCN(C4CC4)CC3)C2)CC1. The average Bonchev–Trinajstić information content (AvgIpc) is 3.76. The number of hydrogen-bond donors (Lipinski definition) is 2. The van der Waals surface area contributed by atoms with Crippen LogP contribution in [0.5, 0.6) is 0 Å². The lowest BCUT2D eigenvalue weighted by Crippen LogP contribution is -2.65. The minimum atomic E-state index is -3.24. The summed E-state index contributed by atoms with van der Waals surface area (Å²) in [6, 6.07) is 5.54. The summed E-state index contributed by atoms with van der Waals surface area (Å²) in [6.45, 7) is 3.36. The third-order valence-electron chi connectivity index (χ3n) is 7.99. The van der Waals surface area contributed by atoms with E-state index in [1.54, 1.807) is 11.0 Å². The number of aromatic nitrogens is 1. The fourth-order valence-corrected chi connectivity index (χ4v) is 5.28. The molecule has 4 aliphatic rings. The predicted molar refractivity (Wildman–Crippen MR) is 123 cm³/mol. The second-order valence-electron chi connectivity index (χ2n) is 10.8. The Hall–Kier alpha value is -2.80. The lowest BCUT2D eigenvalue weighted by molar-refractivity contribution is -0.124. The van der Waals surface area contributed by atoms with Gasteiger partial charge in [0.2, 0.25) is 5.91 Å². The number of rotatable bonds is 8. The first-order chi connectivity index (χ1) is 16.7. The second kappa shape index (κ2) is 9.01. The van der Waals surface area contributed by atoms with E-state index in [1.807, 2.05) is 0 Å². The smallest absolute Gasteiger partial charge is 0.318 e. The molecular formula is C25H32F2N6O2. The van der Waals surface area contributed by atoms with Gasteiger partial charge in [-0.3, -0.25) is 9.78 Å². The first-order valence-electron chi connectivity index (χ1n) is 12.6. The molecule has 0 bridgehead atoms. The molecule has 1 spiro atoms. The second-order valence-corrected chi connectivity index (χ2v) is 10.8. The fraction of sp³-hybridized carbons (Fsp3) is 0.680. The largest absolute Gasteiger partial charge is 0.336 e. The number of hydrogen-bond acceptors (Lipinski definition) is 5. The summed E-state index contributed by atoms with van der Waals surface area (Å²) < 4.78 is 29.5. The van der Waals surface area contributed by atoms with Gasteiger partial charge in [-0.1, -0.05) is 6.07 Å². The number of amides is 3. The summed E-state index contributed by atoms with van der Waals surface area (Å²) in [6.07, 6.45) is 6.11. The van der Waals surface area contributed by atoms with Crippen LogP contribution in [0.2, 0.25) is 0 Å². The van der Waals surface area contributed by atoms with Crippen molar-refractivity contribution in [3.8, 4) is 6.07 Å². The van der Waals surface area contributed by atoms with E-state index in [-0.39, 0.29) is 17.5 Å². The molecule has 2 saturated heterocycles. The van der Waals surface area contributed by atoms with E-state index in [0.29, 0.717) is 25.9 Å². The Balaban J connectivity index is 1.18. The molecule has 2 aliphatic heterocycles. The van der Waals surface area contributed by atoms with Crippen molar-refractivity contribution in [3.63, 3.8) is 0 Å². The summed E-state index contributed by atoms with van der Waals surface area (Å²) in [7, 11) is 0. The minimum absolute atomic E-state index is 0.130. The number of carbonyl (C=O) groups excluding carboxylic acids is 2. The molecule has 10 heteroatoms. The van der Waals surface area contributed by atoms with Crippen LogP contribution in [0.25, 0.3) is 0 Å². The van der Waals surface area contributed by atoms with Crippen molar-refractivity contribution < 1.29 is 18.4 Å². The summed E-state index contributed by atoms with van der Waals surface area (Å²) in [5.41, 5.74) is -1.19. The molecule has 8 nitrogen and oxygen atoms in total. The van der Waals surface area contributed by atoms with Crippen LogP contribution in [0.15, 0.2) is 24.4 Å². The Morgan fingerprint density at radius 1 is 1.20 bits per heavy atom. The van der Waals surface area contributed by atoms with E-state index >= 15 is 0 Å². The van der Waals surface area contributed by atoms with Gasteiger partial charge in [0.1, 0.15) is 17.3 Å². The number of likely N-dealkylation sites (tertiary alicyclic amines) is 2.